The number of nitrogens with one attached hydrogen (secondary N) is 1. The number of primary amides is 1. The number of hydrogen-bond acceptors (Lipinski definition) is 6. The Morgan fingerprint density at radius 2 is 1.97 bits per heavy atom. The fourth-order valence-corrected chi connectivity index (χ4v) is 3.36. The van der Waals surface area contributed by atoms with Crippen LogP contribution in [-0.4, -0.2) is 32.8 Å². The first-order chi connectivity index (χ1) is 14.9. The van der Waals surface area contributed by atoms with Gasteiger partial charge in [-0.1, -0.05) is 12.1 Å². The highest BCUT2D eigenvalue weighted by Gasteiger charge is 2.19. The van der Waals surface area contributed by atoms with Gasteiger partial charge in [-0.2, -0.15) is 4.98 Å². The van der Waals surface area contributed by atoms with Crippen LogP contribution in [0.2, 0.25) is 0 Å². The highest BCUT2D eigenvalue weighted by Crippen LogP contribution is 2.28. The molecule has 0 radical (unpaired) electrons. The van der Waals surface area contributed by atoms with Crippen molar-refractivity contribution in [2.45, 2.75) is 13.5 Å². The van der Waals surface area contributed by atoms with Crippen LogP contribution < -0.4 is 15.8 Å². The topological polar surface area (TPSA) is 108 Å². The summed E-state index contributed by atoms with van der Waals surface area (Å²) in [5.41, 5.74) is 7.17. The normalized spacial score (nSPS) is 11.0. The minimum absolute atomic E-state index is 0.0581. The van der Waals surface area contributed by atoms with Gasteiger partial charge in [-0.25, -0.2) is 8.78 Å². The Kier molecular flexibility index (Phi) is 5.20. The predicted octanol–water partition coefficient (Wildman–Crippen LogP) is 3.12. The van der Waals surface area contributed by atoms with Crippen molar-refractivity contribution in [3.63, 3.8) is 0 Å². The number of ether oxygens (including phenoxy) is 1. The third kappa shape index (κ3) is 3.87. The smallest absolute Gasteiger partial charge is 0.276 e. The van der Waals surface area contributed by atoms with E-state index in [1.54, 1.807) is 29.7 Å². The number of nitrogens with two attached hydrogens (primary N) is 1. The van der Waals surface area contributed by atoms with E-state index in [0.717, 1.165) is 6.07 Å². The Morgan fingerprint density at radius 1 is 1.16 bits per heavy atom. The molecule has 0 aliphatic rings. The Bertz CT molecular complexity index is 1300. The van der Waals surface area contributed by atoms with Crippen LogP contribution in [0, 0.1) is 18.6 Å². The molecule has 0 unspecified atom stereocenters. The molecule has 0 aliphatic carbocycles. The number of benzene rings is 2. The van der Waals surface area contributed by atoms with Crippen molar-refractivity contribution in [2.75, 3.05) is 12.4 Å². The zero-order valence-electron chi connectivity index (χ0n) is 16.7. The molecule has 0 saturated carbocycles. The van der Waals surface area contributed by atoms with E-state index < -0.39 is 11.7 Å². The molecule has 3 N–H and O–H groups in total. The molecule has 31 heavy (non-hydrogen) atoms. The molecule has 4 rings (SSSR count). The van der Waals surface area contributed by atoms with E-state index in [2.05, 4.69) is 20.5 Å². The minimum atomic E-state index is -0.743. The fourth-order valence-electron chi connectivity index (χ4n) is 3.36. The minimum Gasteiger partial charge on any atom is -0.477 e. The van der Waals surface area contributed by atoms with E-state index in [1.807, 2.05) is 0 Å². The summed E-state index contributed by atoms with van der Waals surface area (Å²) in [6.45, 7) is 2.02. The van der Waals surface area contributed by atoms with Gasteiger partial charge in [0.05, 0.1) is 18.2 Å². The summed E-state index contributed by atoms with van der Waals surface area (Å²) in [5, 5.41) is 11.6. The lowest BCUT2D eigenvalue weighted by atomic mass is 10.1. The van der Waals surface area contributed by atoms with Crippen molar-refractivity contribution >= 4 is 22.6 Å². The molecule has 4 aromatic rings. The lowest BCUT2D eigenvalue weighted by molar-refractivity contribution is 0.100. The summed E-state index contributed by atoms with van der Waals surface area (Å²) in [5.74, 6) is -1.17. The van der Waals surface area contributed by atoms with Crippen LogP contribution in [0.5, 0.6) is 5.88 Å². The summed E-state index contributed by atoms with van der Waals surface area (Å²) in [7, 11) is 1.42. The van der Waals surface area contributed by atoms with E-state index in [1.165, 1.54) is 25.3 Å². The Balaban J connectivity index is 1.78. The highest BCUT2D eigenvalue weighted by atomic mass is 19.1. The molecular weight excluding hydrogens is 406 g/mol. The van der Waals surface area contributed by atoms with Gasteiger partial charge >= 0.3 is 0 Å². The molecule has 1 amide bonds. The number of fused-ring (bicyclic) bond motifs is 1. The molecule has 2 heterocycles. The maximum absolute atomic E-state index is 14.2. The van der Waals surface area contributed by atoms with Crippen molar-refractivity contribution in [3.8, 4) is 11.8 Å². The van der Waals surface area contributed by atoms with E-state index in [-0.39, 0.29) is 35.6 Å². The third-order valence-electron chi connectivity index (χ3n) is 4.72. The first-order valence-electron chi connectivity index (χ1n) is 9.26. The Morgan fingerprint density at radius 3 is 2.68 bits per heavy atom. The maximum Gasteiger partial charge on any atom is 0.276 e. The maximum atomic E-state index is 14.2. The van der Waals surface area contributed by atoms with Crippen molar-refractivity contribution in [1.29, 1.82) is 0 Å². The average Bonchev–Trinajstić information content (AvgIpc) is 3.06. The van der Waals surface area contributed by atoms with Crippen LogP contribution in [0.3, 0.4) is 0 Å². The zero-order valence-corrected chi connectivity index (χ0v) is 16.7. The molecule has 2 aromatic heterocycles. The molecular formula is C21H18F2N6O2. The molecule has 10 heteroatoms. The van der Waals surface area contributed by atoms with Gasteiger partial charge in [-0.15, -0.1) is 10.2 Å². The quantitative estimate of drug-likeness (QED) is 0.492. The molecule has 158 valence electrons. The van der Waals surface area contributed by atoms with Gasteiger partial charge in [0.1, 0.15) is 11.6 Å². The first kappa shape index (κ1) is 20.2. The summed E-state index contributed by atoms with van der Waals surface area (Å²) in [4.78, 5) is 16.2. The lowest BCUT2D eigenvalue weighted by Crippen LogP contribution is -2.12. The van der Waals surface area contributed by atoms with Crippen LogP contribution in [-0.2, 0) is 6.54 Å². The second-order valence-corrected chi connectivity index (χ2v) is 6.82. The van der Waals surface area contributed by atoms with Crippen molar-refractivity contribution in [2.24, 2.45) is 5.73 Å². The second kappa shape index (κ2) is 7.98. The number of methoxy groups -OCH3 is 1. The molecule has 0 aliphatic heterocycles. The standard InChI is InChI=1S/C21H18F2N6O2/c1-11-6-15-16(18(24)30)8-14(23)9-17(15)29(11)21-26-19(20(31-2)27-28-21)25-10-12-4-3-5-13(22)7-12/h3-9H,10H2,1-2H3,(H2,24,30)(H,25,26,28). The number of aryl methyl sites for hydroxylation is 1. The van der Waals surface area contributed by atoms with Crippen molar-refractivity contribution in [3.05, 3.63) is 70.9 Å². The Labute approximate surface area is 175 Å². The molecule has 8 nitrogen and oxygen atoms in total. The molecule has 0 saturated heterocycles. The SMILES string of the molecule is COc1nnc(-n2c(C)cc3c(C(N)=O)cc(F)cc32)nc1NCc1cccc(F)c1. The summed E-state index contributed by atoms with van der Waals surface area (Å²) < 4.78 is 34.4. The van der Waals surface area contributed by atoms with Crippen LogP contribution in [0.1, 0.15) is 21.6 Å². The van der Waals surface area contributed by atoms with E-state index in [9.17, 15) is 13.6 Å². The van der Waals surface area contributed by atoms with Gasteiger partial charge < -0.3 is 15.8 Å². The number of halogens is 2. The zero-order chi connectivity index (χ0) is 22.1. The largest absolute Gasteiger partial charge is 0.477 e. The fraction of sp³-hybridized carbons (Fsp3) is 0.143. The van der Waals surface area contributed by atoms with Gasteiger partial charge in [0, 0.05) is 17.6 Å². The average molecular weight is 424 g/mol. The van der Waals surface area contributed by atoms with E-state index >= 15 is 0 Å². The first-order valence-corrected chi connectivity index (χ1v) is 9.26. The van der Waals surface area contributed by atoms with Gasteiger partial charge in [-0.05, 0) is 42.8 Å². The van der Waals surface area contributed by atoms with E-state index in [0.29, 0.717) is 22.2 Å². The van der Waals surface area contributed by atoms with Gasteiger partial charge in [0.2, 0.25) is 5.91 Å². The molecule has 2 aromatic carbocycles. The van der Waals surface area contributed by atoms with Crippen molar-refractivity contribution < 1.29 is 18.3 Å². The number of hydrogen-bond donors (Lipinski definition) is 2. The van der Waals surface area contributed by atoms with Crippen LogP contribution >= 0.6 is 0 Å². The molecule has 0 spiro atoms. The summed E-state index contributed by atoms with van der Waals surface area (Å²) in [6.07, 6.45) is 0. The second-order valence-electron chi connectivity index (χ2n) is 6.82. The van der Waals surface area contributed by atoms with Gasteiger partial charge in [0.15, 0.2) is 5.82 Å². The van der Waals surface area contributed by atoms with Crippen LogP contribution in [0.15, 0.2) is 42.5 Å². The number of amides is 1. The monoisotopic (exact) mass is 424 g/mol. The third-order valence-corrected chi connectivity index (χ3v) is 4.72. The highest BCUT2D eigenvalue weighted by molar-refractivity contribution is 6.06. The van der Waals surface area contributed by atoms with Gasteiger partial charge in [-0.3, -0.25) is 9.36 Å². The van der Waals surface area contributed by atoms with Crippen molar-refractivity contribution in [1.82, 2.24) is 19.7 Å². The predicted molar refractivity (Wildman–Crippen MR) is 110 cm³/mol. The molecule has 0 fully saturated rings. The van der Waals surface area contributed by atoms with E-state index in [4.69, 9.17) is 10.5 Å². The Hall–Kier alpha value is -4.08. The number of nitrogens with zero attached hydrogens (tertiary/aromatic N) is 4. The van der Waals surface area contributed by atoms with Gasteiger partial charge in [0.25, 0.3) is 11.8 Å². The summed E-state index contributed by atoms with van der Waals surface area (Å²) in [6, 6.07) is 10.2. The van der Waals surface area contributed by atoms with Crippen LogP contribution in [0.4, 0.5) is 14.6 Å². The number of carbonyl (C=O) groups excluding carboxylic acids is 1. The molecule has 0 atom stereocenters. The van der Waals surface area contributed by atoms with Crippen LogP contribution in [0.25, 0.3) is 16.9 Å². The lowest BCUT2D eigenvalue weighted by Gasteiger charge is -2.12. The number of aromatic nitrogens is 4. The number of rotatable bonds is 6. The summed E-state index contributed by atoms with van der Waals surface area (Å²) >= 11 is 0. The number of carbonyl (C=O) groups is 1. The number of anilines is 1. The molecule has 0 bridgehead atoms.